The first kappa shape index (κ1) is 60.4. The summed E-state index contributed by atoms with van der Waals surface area (Å²) in [7, 11) is 0. The Kier molecular flexibility index (Phi) is 49.8. The molecular formula is C57H102O6. The van der Waals surface area contributed by atoms with Crippen molar-refractivity contribution < 1.29 is 28.6 Å². The number of rotatable bonds is 49. The van der Waals surface area contributed by atoms with Gasteiger partial charge in [0.15, 0.2) is 6.10 Å². The summed E-state index contributed by atoms with van der Waals surface area (Å²) in [6, 6.07) is 0. The number of hydrogen-bond donors (Lipinski definition) is 0. The number of allylic oxidation sites excluding steroid dienone is 8. The molecule has 0 aliphatic heterocycles. The van der Waals surface area contributed by atoms with E-state index in [9.17, 15) is 14.4 Å². The zero-order chi connectivity index (χ0) is 45.8. The highest BCUT2D eigenvalue weighted by molar-refractivity contribution is 5.71. The Morgan fingerprint density at radius 3 is 1.06 bits per heavy atom. The molecule has 6 heteroatoms. The van der Waals surface area contributed by atoms with Crippen molar-refractivity contribution in [3.63, 3.8) is 0 Å². The molecule has 0 aromatic rings. The first-order valence-corrected chi connectivity index (χ1v) is 27.1. The lowest BCUT2D eigenvalue weighted by Gasteiger charge is -2.18. The fraction of sp³-hybridized carbons (Fsp3) is 0.807. The second-order valence-electron chi connectivity index (χ2n) is 18.1. The van der Waals surface area contributed by atoms with Crippen molar-refractivity contribution in [3.8, 4) is 0 Å². The van der Waals surface area contributed by atoms with Gasteiger partial charge in [0.2, 0.25) is 0 Å². The highest BCUT2D eigenvalue weighted by atomic mass is 16.6. The van der Waals surface area contributed by atoms with Crippen LogP contribution in [0.25, 0.3) is 0 Å². The number of hydrogen-bond acceptors (Lipinski definition) is 6. The number of esters is 3. The van der Waals surface area contributed by atoms with Crippen molar-refractivity contribution in [3.05, 3.63) is 48.6 Å². The number of carbonyl (C=O) groups is 3. The Bertz CT molecular complexity index is 1110. The van der Waals surface area contributed by atoms with Crippen LogP contribution in [0.1, 0.15) is 278 Å². The predicted molar refractivity (Wildman–Crippen MR) is 270 cm³/mol. The van der Waals surface area contributed by atoms with Crippen molar-refractivity contribution in [2.24, 2.45) is 0 Å². The second-order valence-corrected chi connectivity index (χ2v) is 18.1. The van der Waals surface area contributed by atoms with Crippen molar-refractivity contribution in [2.75, 3.05) is 13.2 Å². The van der Waals surface area contributed by atoms with Gasteiger partial charge in [0.05, 0.1) is 0 Å². The highest BCUT2D eigenvalue weighted by Gasteiger charge is 2.19. The van der Waals surface area contributed by atoms with Crippen LogP contribution >= 0.6 is 0 Å². The van der Waals surface area contributed by atoms with E-state index in [0.717, 1.165) is 64.2 Å². The molecule has 0 bridgehead atoms. The van der Waals surface area contributed by atoms with Crippen LogP contribution in [0.5, 0.6) is 0 Å². The summed E-state index contributed by atoms with van der Waals surface area (Å²) < 4.78 is 16.8. The van der Waals surface area contributed by atoms with Gasteiger partial charge in [-0.05, 0) is 70.6 Å². The molecule has 0 saturated heterocycles. The zero-order valence-electron chi connectivity index (χ0n) is 41.8. The molecule has 0 spiro atoms. The third-order valence-electron chi connectivity index (χ3n) is 11.8. The molecule has 0 aromatic carbocycles. The normalized spacial score (nSPS) is 12.4. The lowest BCUT2D eigenvalue weighted by molar-refractivity contribution is -0.167. The number of ether oxygens (including phenoxy) is 3. The number of unbranched alkanes of at least 4 members (excludes halogenated alkanes) is 30. The van der Waals surface area contributed by atoms with Gasteiger partial charge in [0, 0.05) is 19.3 Å². The third-order valence-corrected chi connectivity index (χ3v) is 11.8. The van der Waals surface area contributed by atoms with E-state index in [0.29, 0.717) is 19.3 Å². The monoisotopic (exact) mass is 883 g/mol. The fourth-order valence-electron chi connectivity index (χ4n) is 7.76. The largest absolute Gasteiger partial charge is 0.462 e. The summed E-state index contributed by atoms with van der Waals surface area (Å²) in [4.78, 5) is 38.0. The first-order chi connectivity index (χ1) is 31.0. The molecule has 1 atom stereocenters. The van der Waals surface area contributed by atoms with Crippen LogP contribution in [-0.4, -0.2) is 37.2 Å². The Morgan fingerprint density at radius 2 is 0.635 bits per heavy atom. The smallest absolute Gasteiger partial charge is 0.306 e. The fourth-order valence-corrected chi connectivity index (χ4v) is 7.76. The standard InChI is InChI=1S/C57H102O6/c1-4-7-10-13-16-19-22-24-26-27-28-29-31-32-35-38-41-44-47-50-56(59)62-53-54(52-61-55(58)49-46-43-40-37-34-21-18-15-12-9-6-3)63-57(60)51-48-45-42-39-36-33-30-25-23-20-17-14-11-8-5-2/h9,12,18,20-21,23,37,40,54H,4-8,10-11,13-17,19,22,24-36,38-39,41-53H2,1-3H3/b12-9-,21-18-,23-20-,40-37-. The Hall–Kier alpha value is -2.63. The van der Waals surface area contributed by atoms with Crippen LogP contribution in [0.15, 0.2) is 48.6 Å². The van der Waals surface area contributed by atoms with E-state index in [1.54, 1.807) is 0 Å². The average molecular weight is 883 g/mol. The molecular weight excluding hydrogens is 781 g/mol. The molecule has 0 rings (SSSR count). The van der Waals surface area contributed by atoms with E-state index in [1.807, 2.05) is 0 Å². The molecule has 0 heterocycles. The van der Waals surface area contributed by atoms with Gasteiger partial charge in [-0.1, -0.05) is 236 Å². The second kappa shape index (κ2) is 52.0. The molecule has 6 nitrogen and oxygen atoms in total. The van der Waals surface area contributed by atoms with Crippen molar-refractivity contribution in [1.82, 2.24) is 0 Å². The maximum atomic E-state index is 12.8. The summed E-state index contributed by atoms with van der Waals surface area (Å²) in [5.74, 6) is -0.939. The van der Waals surface area contributed by atoms with Gasteiger partial charge in [-0.3, -0.25) is 14.4 Å². The molecule has 0 radical (unpaired) electrons. The van der Waals surface area contributed by atoms with Crippen LogP contribution in [-0.2, 0) is 28.6 Å². The molecule has 0 amide bonds. The van der Waals surface area contributed by atoms with Crippen LogP contribution in [0.2, 0.25) is 0 Å². The molecule has 0 saturated carbocycles. The van der Waals surface area contributed by atoms with E-state index >= 15 is 0 Å². The van der Waals surface area contributed by atoms with Gasteiger partial charge < -0.3 is 14.2 Å². The minimum absolute atomic E-state index is 0.0878. The Balaban J connectivity index is 4.33. The van der Waals surface area contributed by atoms with Gasteiger partial charge in [0.1, 0.15) is 13.2 Å². The van der Waals surface area contributed by atoms with E-state index in [4.69, 9.17) is 14.2 Å². The lowest BCUT2D eigenvalue weighted by atomic mass is 10.0. The van der Waals surface area contributed by atoms with Crippen molar-refractivity contribution in [2.45, 2.75) is 284 Å². The summed E-state index contributed by atoms with van der Waals surface area (Å²) >= 11 is 0. The molecule has 0 N–H and O–H groups in total. The molecule has 0 aliphatic rings. The van der Waals surface area contributed by atoms with Gasteiger partial charge in [0.25, 0.3) is 0 Å². The average Bonchev–Trinajstić information content (AvgIpc) is 3.28. The van der Waals surface area contributed by atoms with Gasteiger partial charge in [-0.25, -0.2) is 0 Å². The highest BCUT2D eigenvalue weighted by Crippen LogP contribution is 2.16. The van der Waals surface area contributed by atoms with E-state index in [-0.39, 0.29) is 37.5 Å². The minimum atomic E-state index is -0.792. The molecule has 366 valence electrons. The predicted octanol–water partition coefficient (Wildman–Crippen LogP) is 17.9. The topological polar surface area (TPSA) is 78.9 Å². The maximum Gasteiger partial charge on any atom is 0.306 e. The van der Waals surface area contributed by atoms with E-state index < -0.39 is 6.10 Å². The molecule has 63 heavy (non-hydrogen) atoms. The minimum Gasteiger partial charge on any atom is -0.462 e. The van der Waals surface area contributed by atoms with Gasteiger partial charge in [-0.15, -0.1) is 0 Å². The maximum absolute atomic E-state index is 12.8. The van der Waals surface area contributed by atoms with Crippen molar-refractivity contribution >= 4 is 17.9 Å². The Labute approximate surface area is 390 Å². The molecule has 0 fully saturated rings. The summed E-state index contributed by atoms with van der Waals surface area (Å²) in [6.07, 6.45) is 62.6. The molecule has 1 unspecified atom stereocenters. The summed E-state index contributed by atoms with van der Waals surface area (Å²) in [5, 5.41) is 0. The first-order valence-electron chi connectivity index (χ1n) is 27.1. The van der Waals surface area contributed by atoms with Gasteiger partial charge >= 0.3 is 17.9 Å². The van der Waals surface area contributed by atoms with Crippen LogP contribution in [0.3, 0.4) is 0 Å². The van der Waals surface area contributed by atoms with Gasteiger partial charge in [-0.2, -0.15) is 0 Å². The summed E-state index contributed by atoms with van der Waals surface area (Å²) in [6.45, 7) is 6.48. The Morgan fingerprint density at radius 1 is 0.333 bits per heavy atom. The van der Waals surface area contributed by atoms with Crippen LogP contribution < -0.4 is 0 Å². The molecule has 0 aliphatic carbocycles. The third kappa shape index (κ3) is 50.2. The van der Waals surface area contributed by atoms with Crippen molar-refractivity contribution in [1.29, 1.82) is 0 Å². The SMILES string of the molecule is CC/C=C\C/C=C\C/C=C\CCCC(=O)OCC(COC(=O)CCCCCCCCCCCCCCCCCCCCC)OC(=O)CCCCCCCCC/C=C\CCCCCC. The number of carbonyl (C=O) groups excluding carboxylic acids is 3. The molecule has 0 aromatic heterocycles. The summed E-state index contributed by atoms with van der Waals surface area (Å²) in [5.41, 5.74) is 0. The van der Waals surface area contributed by atoms with E-state index in [1.165, 1.54) is 167 Å². The quantitative estimate of drug-likeness (QED) is 0.0262. The lowest BCUT2D eigenvalue weighted by Crippen LogP contribution is -2.30. The zero-order valence-corrected chi connectivity index (χ0v) is 41.8. The van der Waals surface area contributed by atoms with E-state index in [2.05, 4.69) is 69.4 Å². The van der Waals surface area contributed by atoms with Crippen LogP contribution in [0.4, 0.5) is 0 Å². The van der Waals surface area contributed by atoms with Crippen LogP contribution in [0, 0.1) is 0 Å².